The van der Waals surface area contributed by atoms with Crippen molar-refractivity contribution in [2.75, 3.05) is 6.54 Å². The molecular formula is C37H51FN4. The van der Waals surface area contributed by atoms with Gasteiger partial charge < -0.3 is 16.8 Å². The normalized spacial score (nSPS) is 14.7. The second-order valence-corrected chi connectivity index (χ2v) is 14.9. The van der Waals surface area contributed by atoms with Crippen LogP contribution in [-0.2, 0) is 6.42 Å². The minimum Gasteiger partial charge on any atom is -0.324 e. The molecule has 0 aromatic heterocycles. The van der Waals surface area contributed by atoms with Gasteiger partial charge >= 0.3 is 0 Å². The van der Waals surface area contributed by atoms with Crippen molar-refractivity contribution in [3.8, 4) is 6.07 Å². The molecule has 0 aliphatic rings. The third-order valence-corrected chi connectivity index (χ3v) is 8.02. The summed E-state index contributed by atoms with van der Waals surface area (Å²) in [6, 6.07) is 25.4. The summed E-state index contributed by atoms with van der Waals surface area (Å²) in [5.74, 6) is -0.238. The molecule has 4 nitrogen and oxygen atoms in total. The maximum Gasteiger partial charge on any atom is 0.123 e. The number of nitrogens with two attached hydrogens (primary N) is 2. The lowest BCUT2D eigenvalue weighted by Gasteiger charge is -2.33. The quantitative estimate of drug-likeness (QED) is 0.192. The highest BCUT2D eigenvalue weighted by atomic mass is 19.1. The summed E-state index contributed by atoms with van der Waals surface area (Å²) in [6.07, 6.45) is 3.59. The molecule has 3 atom stereocenters. The molecule has 0 amide bonds. The van der Waals surface area contributed by atoms with Gasteiger partial charge in [0.25, 0.3) is 0 Å². The van der Waals surface area contributed by atoms with Crippen molar-refractivity contribution >= 4 is 0 Å². The molecule has 0 fully saturated rings. The van der Waals surface area contributed by atoms with Crippen LogP contribution in [0.3, 0.4) is 0 Å². The Morgan fingerprint density at radius 1 is 0.690 bits per heavy atom. The number of hydrogen-bond acceptors (Lipinski definition) is 4. The summed E-state index contributed by atoms with van der Waals surface area (Å²) in [7, 11) is 0. The van der Waals surface area contributed by atoms with Crippen LogP contribution in [0.5, 0.6) is 0 Å². The Morgan fingerprint density at radius 3 is 1.67 bits per heavy atom. The fourth-order valence-corrected chi connectivity index (χ4v) is 5.83. The number of benzene rings is 3. The van der Waals surface area contributed by atoms with E-state index in [2.05, 4.69) is 84.1 Å². The molecule has 3 unspecified atom stereocenters. The minimum absolute atomic E-state index is 0.0191. The van der Waals surface area contributed by atoms with E-state index in [1.807, 2.05) is 24.3 Å². The summed E-state index contributed by atoms with van der Waals surface area (Å²) in [4.78, 5) is 0. The van der Waals surface area contributed by atoms with Gasteiger partial charge in [-0.2, -0.15) is 5.26 Å². The van der Waals surface area contributed by atoms with E-state index >= 15 is 0 Å². The molecule has 0 heterocycles. The highest BCUT2D eigenvalue weighted by Gasteiger charge is 2.27. The molecule has 0 bridgehead atoms. The molecule has 3 aromatic carbocycles. The zero-order chi connectivity index (χ0) is 31.1. The van der Waals surface area contributed by atoms with Crippen LogP contribution in [0, 0.1) is 33.4 Å². The number of hydrogen-bond donors (Lipinski definition) is 3. The van der Waals surface area contributed by atoms with Gasteiger partial charge in [0.2, 0.25) is 0 Å². The molecule has 5 N–H and O–H groups in total. The van der Waals surface area contributed by atoms with Crippen LogP contribution in [0.1, 0.15) is 114 Å². The first kappa shape index (κ1) is 33.5. The Kier molecular flexibility index (Phi) is 11.1. The summed E-state index contributed by atoms with van der Waals surface area (Å²) >= 11 is 0. The Morgan fingerprint density at radius 2 is 1.17 bits per heavy atom. The number of nitriles is 1. The van der Waals surface area contributed by atoms with E-state index in [9.17, 15) is 4.39 Å². The van der Waals surface area contributed by atoms with Crippen LogP contribution in [0.4, 0.5) is 4.39 Å². The van der Waals surface area contributed by atoms with Crippen LogP contribution in [-0.4, -0.2) is 6.54 Å². The van der Waals surface area contributed by atoms with Crippen molar-refractivity contribution in [3.05, 3.63) is 106 Å². The van der Waals surface area contributed by atoms with Gasteiger partial charge in [-0.1, -0.05) is 97.0 Å². The Bertz CT molecular complexity index is 1300. The van der Waals surface area contributed by atoms with Gasteiger partial charge in [-0.15, -0.1) is 0 Å². The fraction of sp³-hybridized carbons (Fsp3) is 0.486. The van der Waals surface area contributed by atoms with Gasteiger partial charge in [0.05, 0.1) is 11.6 Å². The molecule has 0 aliphatic heterocycles. The summed E-state index contributed by atoms with van der Waals surface area (Å²) < 4.78 is 13.4. The summed E-state index contributed by atoms with van der Waals surface area (Å²) in [6.45, 7) is 16.7. The van der Waals surface area contributed by atoms with E-state index < -0.39 is 0 Å². The Labute approximate surface area is 253 Å². The van der Waals surface area contributed by atoms with Crippen molar-refractivity contribution in [1.82, 2.24) is 5.32 Å². The maximum absolute atomic E-state index is 13.4. The SMILES string of the molecule is CC(C)(C)CC(NCC(C)(C)CC(N)c1ccc(F)cc1)c1ccc(CC(C)(C)CC(N)c2ccc(C#N)cc2)cc1. The molecular weight excluding hydrogens is 519 g/mol. The van der Waals surface area contributed by atoms with Crippen LogP contribution in [0.2, 0.25) is 0 Å². The molecule has 3 aromatic rings. The highest BCUT2D eigenvalue weighted by Crippen LogP contribution is 2.35. The van der Waals surface area contributed by atoms with Gasteiger partial charge in [0, 0.05) is 24.7 Å². The number of nitrogens with one attached hydrogen (secondary N) is 1. The number of rotatable bonds is 13. The monoisotopic (exact) mass is 570 g/mol. The Balaban J connectivity index is 1.65. The van der Waals surface area contributed by atoms with Gasteiger partial charge in [-0.3, -0.25) is 0 Å². The summed E-state index contributed by atoms with van der Waals surface area (Å²) in [5.41, 5.74) is 18.5. The molecule has 0 saturated carbocycles. The van der Waals surface area contributed by atoms with Gasteiger partial charge in [0.15, 0.2) is 0 Å². The van der Waals surface area contributed by atoms with Crippen LogP contribution in [0.25, 0.3) is 0 Å². The second-order valence-electron chi connectivity index (χ2n) is 14.9. The van der Waals surface area contributed by atoms with Crippen molar-refractivity contribution in [2.24, 2.45) is 27.7 Å². The van der Waals surface area contributed by atoms with Gasteiger partial charge in [-0.25, -0.2) is 4.39 Å². The zero-order valence-electron chi connectivity index (χ0n) is 26.7. The topological polar surface area (TPSA) is 87.9 Å². The van der Waals surface area contributed by atoms with Crippen molar-refractivity contribution in [3.63, 3.8) is 0 Å². The van der Waals surface area contributed by atoms with Gasteiger partial charge in [0.1, 0.15) is 5.82 Å². The average Bonchev–Trinajstić information content (AvgIpc) is 2.90. The van der Waals surface area contributed by atoms with E-state index in [4.69, 9.17) is 16.7 Å². The molecule has 0 spiro atoms. The number of nitrogens with zero attached hydrogens (tertiary/aromatic N) is 1. The molecule has 226 valence electrons. The lowest BCUT2D eigenvalue weighted by Crippen LogP contribution is -2.36. The summed E-state index contributed by atoms with van der Waals surface area (Å²) in [5, 5.41) is 12.9. The molecule has 0 saturated heterocycles. The zero-order valence-corrected chi connectivity index (χ0v) is 26.7. The van der Waals surface area contributed by atoms with Crippen molar-refractivity contribution < 1.29 is 4.39 Å². The first-order chi connectivity index (χ1) is 19.6. The van der Waals surface area contributed by atoms with Gasteiger partial charge in [-0.05, 0) is 88.4 Å². The van der Waals surface area contributed by atoms with Crippen molar-refractivity contribution in [1.29, 1.82) is 5.26 Å². The van der Waals surface area contributed by atoms with Crippen LogP contribution < -0.4 is 16.8 Å². The maximum atomic E-state index is 13.4. The molecule has 0 radical (unpaired) electrons. The standard InChI is InChI=1S/C37H51FN4/c1-35(2,3)23-34(42-25-37(6,7)22-33(41)29-16-18-31(38)19-17-29)30-14-8-26(9-15-30)20-36(4,5)21-32(40)28-12-10-27(24-39)11-13-28/h8-19,32-34,42H,20-23,25,40-41H2,1-7H3. The van der Waals surface area contributed by atoms with E-state index in [1.54, 1.807) is 12.1 Å². The first-order valence-corrected chi connectivity index (χ1v) is 15.1. The van der Waals surface area contributed by atoms with E-state index in [0.29, 0.717) is 5.56 Å². The molecule has 0 aliphatic carbocycles. The lowest BCUT2D eigenvalue weighted by molar-refractivity contribution is 0.247. The fourth-order valence-electron chi connectivity index (χ4n) is 5.83. The third-order valence-electron chi connectivity index (χ3n) is 8.02. The van der Waals surface area contributed by atoms with E-state index in [1.165, 1.54) is 23.3 Å². The third kappa shape index (κ3) is 10.7. The van der Waals surface area contributed by atoms with E-state index in [-0.39, 0.29) is 40.2 Å². The second kappa shape index (κ2) is 14.0. The molecule has 5 heteroatoms. The first-order valence-electron chi connectivity index (χ1n) is 15.1. The lowest BCUT2D eigenvalue weighted by atomic mass is 9.78. The molecule has 42 heavy (non-hydrogen) atoms. The Hall–Kier alpha value is -3.04. The van der Waals surface area contributed by atoms with Crippen molar-refractivity contribution in [2.45, 2.75) is 92.3 Å². The number of halogens is 1. The smallest absolute Gasteiger partial charge is 0.123 e. The minimum atomic E-state index is -0.238. The highest BCUT2D eigenvalue weighted by molar-refractivity contribution is 5.33. The predicted molar refractivity (Wildman–Crippen MR) is 173 cm³/mol. The van der Waals surface area contributed by atoms with Crippen LogP contribution >= 0.6 is 0 Å². The van der Waals surface area contributed by atoms with Crippen LogP contribution in [0.15, 0.2) is 72.8 Å². The molecule has 3 rings (SSSR count). The largest absolute Gasteiger partial charge is 0.324 e. The average molecular weight is 571 g/mol. The van der Waals surface area contributed by atoms with E-state index in [0.717, 1.165) is 43.4 Å². The predicted octanol–water partition coefficient (Wildman–Crippen LogP) is 8.54.